The minimum absolute atomic E-state index is 0.172. The van der Waals surface area contributed by atoms with Crippen molar-refractivity contribution < 1.29 is 32.6 Å². The van der Waals surface area contributed by atoms with E-state index in [9.17, 15) is 27.9 Å². The predicted octanol–water partition coefficient (Wildman–Crippen LogP) is 4.02. The molecule has 42 heavy (non-hydrogen) atoms. The molecule has 8 nitrogen and oxygen atoms in total. The fourth-order valence-corrected chi connectivity index (χ4v) is 6.20. The van der Waals surface area contributed by atoms with Gasteiger partial charge in [0.15, 0.2) is 0 Å². The van der Waals surface area contributed by atoms with E-state index in [0.717, 1.165) is 47.5 Å². The summed E-state index contributed by atoms with van der Waals surface area (Å²) in [6.45, 7) is 3.16. The number of hydrogen-bond acceptors (Lipinski definition) is 6. The van der Waals surface area contributed by atoms with Crippen molar-refractivity contribution in [2.75, 3.05) is 26.2 Å². The topological polar surface area (TPSA) is 104 Å². The van der Waals surface area contributed by atoms with Crippen molar-refractivity contribution in [3.63, 3.8) is 0 Å². The molecular weight excluding hydrogens is 549 g/mol. The Kier molecular flexibility index (Phi) is 8.81. The van der Waals surface area contributed by atoms with Crippen LogP contribution in [0.4, 0.5) is 13.2 Å². The van der Waals surface area contributed by atoms with Crippen LogP contribution in [0.25, 0.3) is 10.9 Å². The van der Waals surface area contributed by atoms with Crippen molar-refractivity contribution in [2.45, 2.75) is 62.6 Å². The Labute approximate surface area is 242 Å². The van der Waals surface area contributed by atoms with Crippen LogP contribution in [-0.2, 0) is 21.3 Å². The molecule has 224 valence electrons. The Morgan fingerprint density at radius 3 is 2.60 bits per heavy atom. The normalized spacial score (nSPS) is 24.9. The number of fused-ring (bicyclic) bond motifs is 1. The Hall–Kier alpha value is -3.54. The van der Waals surface area contributed by atoms with Crippen LogP contribution in [0.15, 0.2) is 60.8 Å². The molecule has 1 saturated carbocycles. The number of carbonyl (C=O) groups is 2. The number of aliphatic hydroxyl groups is 1. The van der Waals surface area contributed by atoms with Gasteiger partial charge in [0, 0.05) is 42.9 Å². The van der Waals surface area contributed by atoms with E-state index in [1.807, 2.05) is 37.3 Å². The second-order valence-electron chi connectivity index (χ2n) is 11.0. The molecule has 0 unspecified atom stereocenters. The third-order valence-electron chi connectivity index (χ3n) is 8.33. The number of aromatic nitrogens is 1. The number of amides is 2. The molecule has 1 aromatic heterocycles. The van der Waals surface area contributed by atoms with Crippen LogP contribution in [0.5, 0.6) is 0 Å². The molecule has 2 aliphatic rings. The number of alkyl halides is 3. The average molecular weight is 585 g/mol. The largest absolute Gasteiger partial charge is 0.416 e. The summed E-state index contributed by atoms with van der Waals surface area (Å²) in [6, 6.07) is 13.7. The van der Waals surface area contributed by atoms with Crippen LogP contribution in [0.3, 0.4) is 0 Å². The molecule has 1 saturated heterocycles. The lowest BCUT2D eigenvalue weighted by molar-refractivity contribution is -0.137. The Balaban J connectivity index is 1.16. The lowest BCUT2D eigenvalue weighted by atomic mass is 9.76. The highest BCUT2D eigenvalue weighted by Crippen LogP contribution is 2.41. The van der Waals surface area contributed by atoms with Crippen molar-refractivity contribution in [1.82, 2.24) is 20.5 Å². The summed E-state index contributed by atoms with van der Waals surface area (Å²) in [5, 5.41) is 17.9. The van der Waals surface area contributed by atoms with Gasteiger partial charge in [-0.15, -0.1) is 0 Å². The number of para-hydroxylation sites is 1. The van der Waals surface area contributed by atoms with Gasteiger partial charge in [0.2, 0.25) is 5.91 Å². The summed E-state index contributed by atoms with van der Waals surface area (Å²) in [5.74, 6) is -1.21. The quantitative estimate of drug-likeness (QED) is 0.370. The second kappa shape index (κ2) is 12.4. The van der Waals surface area contributed by atoms with E-state index in [-0.39, 0.29) is 30.3 Å². The maximum Gasteiger partial charge on any atom is 0.416 e. The van der Waals surface area contributed by atoms with Gasteiger partial charge < -0.3 is 20.5 Å². The number of pyridine rings is 1. The van der Waals surface area contributed by atoms with Crippen LogP contribution in [0, 0.1) is 0 Å². The molecule has 11 heteroatoms. The van der Waals surface area contributed by atoms with E-state index in [1.54, 1.807) is 6.20 Å². The molecule has 2 aromatic carbocycles. The van der Waals surface area contributed by atoms with Crippen LogP contribution < -0.4 is 10.6 Å². The standard InChI is InChI=1S/C31H35F3N4O4/c1-2-42-27-19-38(22-10-13-30(41,14-11-22)24-12-15-35-25-9-4-3-8-23(24)25)18-26(27)37-28(39)17-36-29(40)20-6-5-7-21(16-20)31(32,33)34/h3-9,12,15-16,22,26-27,41H,2,10-11,13-14,17-19H2,1H3,(H,36,40)(H,37,39)/t22?,26-,27+,30?/m0/s1. The van der Waals surface area contributed by atoms with Gasteiger partial charge in [-0.1, -0.05) is 24.3 Å². The van der Waals surface area contributed by atoms with Gasteiger partial charge in [-0.05, 0) is 68.5 Å². The first kappa shape index (κ1) is 29.9. The molecule has 2 fully saturated rings. The first-order valence-electron chi connectivity index (χ1n) is 14.2. The number of benzene rings is 2. The molecule has 1 aliphatic heterocycles. The predicted molar refractivity (Wildman–Crippen MR) is 151 cm³/mol. The zero-order chi connectivity index (χ0) is 29.9. The van der Waals surface area contributed by atoms with E-state index in [0.29, 0.717) is 32.5 Å². The van der Waals surface area contributed by atoms with Gasteiger partial charge in [0.25, 0.3) is 5.91 Å². The number of carbonyl (C=O) groups excluding carboxylic acids is 2. The van der Waals surface area contributed by atoms with E-state index in [2.05, 4.69) is 20.5 Å². The molecule has 2 heterocycles. The zero-order valence-electron chi connectivity index (χ0n) is 23.4. The average Bonchev–Trinajstić information content (AvgIpc) is 3.37. The van der Waals surface area contributed by atoms with Gasteiger partial charge >= 0.3 is 6.18 Å². The summed E-state index contributed by atoms with van der Waals surface area (Å²) >= 11 is 0. The molecule has 2 amide bonds. The van der Waals surface area contributed by atoms with Gasteiger partial charge in [0.1, 0.15) is 0 Å². The number of hydrogen-bond donors (Lipinski definition) is 3. The van der Waals surface area contributed by atoms with E-state index >= 15 is 0 Å². The van der Waals surface area contributed by atoms with E-state index in [1.165, 1.54) is 6.07 Å². The number of nitrogens with one attached hydrogen (secondary N) is 2. The molecule has 3 aromatic rings. The summed E-state index contributed by atoms with van der Waals surface area (Å²) in [7, 11) is 0. The van der Waals surface area contributed by atoms with Crippen LogP contribution in [0.1, 0.15) is 54.1 Å². The van der Waals surface area contributed by atoms with Crippen molar-refractivity contribution in [3.8, 4) is 0 Å². The summed E-state index contributed by atoms with van der Waals surface area (Å²) in [4.78, 5) is 31.8. The smallest absolute Gasteiger partial charge is 0.385 e. The van der Waals surface area contributed by atoms with Crippen LogP contribution in [0.2, 0.25) is 0 Å². The Bertz CT molecular complexity index is 1420. The molecule has 3 N–H and O–H groups in total. The minimum atomic E-state index is -4.57. The molecular formula is C31H35F3N4O4. The first-order valence-corrected chi connectivity index (χ1v) is 14.2. The molecule has 5 rings (SSSR count). The fraction of sp³-hybridized carbons (Fsp3) is 0.452. The maximum atomic E-state index is 13.0. The van der Waals surface area contributed by atoms with Crippen molar-refractivity contribution in [1.29, 1.82) is 0 Å². The Morgan fingerprint density at radius 1 is 1.10 bits per heavy atom. The van der Waals surface area contributed by atoms with Gasteiger partial charge in [-0.2, -0.15) is 13.2 Å². The number of ether oxygens (including phenoxy) is 1. The number of likely N-dealkylation sites (tertiary alicyclic amines) is 1. The minimum Gasteiger partial charge on any atom is -0.385 e. The first-order chi connectivity index (χ1) is 20.1. The summed E-state index contributed by atoms with van der Waals surface area (Å²) in [5.41, 5.74) is -0.287. The molecule has 1 aliphatic carbocycles. The maximum absolute atomic E-state index is 13.0. The highest BCUT2D eigenvalue weighted by molar-refractivity contribution is 5.96. The van der Waals surface area contributed by atoms with Gasteiger partial charge in [-0.25, -0.2) is 0 Å². The van der Waals surface area contributed by atoms with Crippen molar-refractivity contribution >= 4 is 22.7 Å². The third kappa shape index (κ3) is 6.58. The number of nitrogens with zero attached hydrogens (tertiary/aromatic N) is 2. The number of rotatable bonds is 8. The monoisotopic (exact) mass is 584 g/mol. The summed E-state index contributed by atoms with van der Waals surface area (Å²) < 4.78 is 44.9. The van der Waals surface area contributed by atoms with Crippen molar-refractivity contribution in [2.24, 2.45) is 0 Å². The third-order valence-corrected chi connectivity index (χ3v) is 8.33. The number of halogens is 3. The lowest BCUT2D eigenvalue weighted by Gasteiger charge is -2.40. The van der Waals surface area contributed by atoms with Gasteiger partial charge in [-0.3, -0.25) is 19.5 Å². The van der Waals surface area contributed by atoms with Crippen LogP contribution in [-0.4, -0.2) is 71.2 Å². The molecule has 0 spiro atoms. The van der Waals surface area contributed by atoms with Crippen molar-refractivity contribution in [3.05, 3.63) is 77.5 Å². The second-order valence-corrected chi connectivity index (χ2v) is 11.0. The van der Waals surface area contributed by atoms with E-state index < -0.39 is 29.2 Å². The lowest BCUT2D eigenvalue weighted by Crippen LogP contribution is -2.48. The highest BCUT2D eigenvalue weighted by atomic mass is 19.4. The molecule has 2 atom stereocenters. The highest BCUT2D eigenvalue weighted by Gasteiger charge is 2.42. The molecule has 0 radical (unpaired) electrons. The fourth-order valence-electron chi connectivity index (χ4n) is 6.20. The van der Waals surface area contributed by atoms with E-state index in [4.69, 9.17) is 4.74 Å². The zero-order valence-corrected chi connectivity index (χ0v) is 23.4. The summed E-state index contributed by atoms with van der Waals surface area (Å²) in [6.07, 6.45) is -0.326. The van der Waals surface area contributed by atoms with Crippen LogP contribution >= 0.6 is 0 Å². The van der Waals surface area contributed by atoms with Gasteiger partial charge in [0.05, 0.1) is 35.4 Å². The Morgan fingerprint density at radius 2 is 1.86 bits per heavy atom. The SMILES string of the molecule is CCO[C@@H]1CN(C2CCC(O)(c3ccnc4ccccc34)CC2)C[C@@H]1NC(=O)CNC(=O)c1cccc(C(F)(F)F)c1. The molecule has 0 bridgehead atoms.